The van der Waals surface area contributed by atoms with Gasteiger partial charge >= 0.3 is 5.97 Å². The highest BCUT2D eigenvalue weighted by molar-refractivity contribution is 5.82. The van der Waals surface area contributed by atoms with Gasteiger partial charge in [-0.25, -0.2) is 4.79 Å². The Balaban J connectivity index is 2.29. The normalized spacial score (nSPS) is 11.3. The Kier molecular flexibility index (Phi) is 6.04. The van der Waals surface area contributed by atoms with Gasteiger partial charge < -0.3 is 9.47 Å². The van der Waals surface area contributed by atoms with E-state index >= 15 is 0 Å². The van der Waals surface area contributed by atoms with Crippen molar-refractivity contribution in [2.75, 3.05) is 13.2 Å². The van der Waals surface area contributed by atoms with Crippen LogP contribution in [-0.4, -0.2) is 19.2 Å². The number of carbonyl (C=O) groups is 1. The van der Waals surface area contributed by atoms with Crippen LogP contribution in [0, 0.1) is 0 Å². The summed E-state index contributed by atoms with van der Waals surface area (Å²) in [5, 5.41) is 0. The van der Waals surface area contributed by atoms with Gasteiger partial charge in [0.2, 0.25) is 0 Å². The Morgan fingerprint density at radius 1 is 1.29 bits per heavy atom. The van der Waals surface area contributed by atoms with Crippen LogP contribution in [0.5, 0.6) is 0 Å². The molecule has 17 heavy (non-hydrogen) atoms. The summed E-state index contributed by atoms with van der Waals surface area (Å²) >= 11 is 0. The van der Waals surface area contributed by atoms with E-state index < -0.39 is 0 Å². The van der Waals surface area contributed by atoms with E-state index in [4.69, 9.17) is 9.47 Å². The van der Waals surface area contributed by atoms with Crippen molar-refractivity contribution >= 4 is 5.97 Å². The second-order valence-electron chi connectivity index (χ2n) is 3.72. The number of hydrogen-bond acceptors (Lipinski definition) is 3. The molecular formula is C14H18O3. The van der Waals surface area contributed by atoms with Gasteiger partial charge in [-0.1, -0.05) is 30.3 Å². The van der Waals surface area contributed by atoms with Gasteiger partial charge in [-0.3, -0.25) is 0 Å². The third kappa shape index (κ3) is 5.88. The first kappa shape index (κ1) is 13.5. The fraction of sp³-hybridized carbons (Fsp3) is 0.357. The van der Waals surface area contributed by atoms with Crippen molar-refractivity contribution in [2.24, 2.45) is 0 Å². The summed E-state index contributed by atoms with van der Waals surface area (Å²) in [5.41, 5.74) is 1.98. The van der Waals surface area contributed by atoms with Crippen LogP contribution in [0.1, 0.15) is 19.4 Å². The standard InChI is InChI=1S/C14H18O3/c1-3-17-14(15)9-12(2)10-16-11-13-7-5-4-6-8-13/h4-9H,3,10-11H2,1-2H3/b12-9+. The molecular weight excluding hydrogens is 216 g/mol. The molecule has 1 aromatic carbocycles. The van der Waals surface area contributed by atoms with Gasteiger partial charge in [0.05, 0.1) is 19.8 Å². The van der Waals surface area contributed by atoms with E-state index in [9.17, 15) is 4.79 Å². The molecule has 0 aliphatic heterocycles. The molecule has 0 aliphatic carbocycles. The van der Waals surface area contributed by atoms with Crippen LogP contribution in [0.15, 0.2) is 42.0 Å². The zero-order valence-corrected chi connectivity index (χ0v) is 10.3. The number of hydrogen-bond donors (Lipinski definition) is 0. The van der Waals surface area contributed by atoms with Crippen molar-refractivity contribution in [3.8, 4) is 0 Å². The van der Waals surface area contributed by atoms with Crippen LogP contribution in [-0.2, 0) is 20.9 Å². The number of carbonyl (C=O) groups excluding carboxylic acids is 1. The van der Waals surface area contributed by atoms with Gasteiger partial charge in [-0.15, -0.1) is 0 Å². The maximum absolute atomic E-state index is 11.1. The summed E-state index contributed by atoms with van der Waals surface area (Å²) in [4.78, 5) is 11.1. The highest BCUT2D eigenvalue weighted by Gasteiger charge is 1.98. The minimum Gasteiger partial charge on any atom is -0.463 e. The Hall–Kier alpha value is -1.61. The quantitative estimate of drug-likeness (QED) is 0.561. The zero-order valence-electron chi connectivity index (χ0n) is 10.3. The first-order valence-electron chi connectivity index (χ1n) is 5.68. The third-order valence-corrected chi connectivity index (χ3v) is 2.09. The Morgan fingerprint density at radius 3 is 2.65 bits per heavy atom. The molecule has 0 heterocycles. The van der Waals surface area contributed by atoms with E-state index in [-0.39, 0.29) is 5.97 Å². The van der Waals surface area contributed by atoms with E-state index in [1.54, 1.807) is 6.92 Å². The molecule has 0 saturated heterocycles. The monoisotopic (exact) mass is 234 g/mol. The SMILES string of the molecule is CCOC(=O)/C=C(\C)COCc1ccccc1. The molecule has 0 amide bonds. The number of benzene rings is 1. The summed E-state index contributed by atoms with van der Waals surface area (Å²) in [6.07, 6.45) is 1.47. The lowest BCUT2D eigenvalue weighted by atomic mass is 10.2. The van der Waals surface area contributed by atoms with Crippen LogP contribution in [0.4, 0.5) is 0 Å². The van der Waals surface area contributed by atoms with Gasteiger partial charge in [0.15, 0.2) is 0 Å². The molecule has 3 nitrogen and oxygen atoms in total. The molecule has 0 fully saturated rings. The summed E-state index contributed by atoms with van der Waals surface area (Å²) in [6, 6.07) is 9.92. The van der Waals surface area contributed by atoms with Gasteiger partial charge in [-0.05, 0) is 25.0 Å². The average Bonchev–Trinajstić information content (AvgIpc) is 2.30. The second-order valence-corrected chi connectivity index (χ2v) is 3.72. The fourth-order valence-electron chi connectivity index (χ4n) is 1.33. The molecule has 3 heteroatoms. The predicted octanol–water partition coefficient (Wildman–Crippen LogP) is 2.71. The highest BCUT2D eigenvalue weighted by atomic mass is 16.5. The lowest BCUT2D eigenvalue weighted by molar-refractivity contribution is -0.137. The van der Waals surface area contributed by atoms with Crippen molar-refractivity contribution in [3.63, 3.8) is 0 Å². The smallest absolute Gasteiger partial charge is 0.330 e. The predicted molar refractivity (Wildman–Crippen MR) is 66.5 cm³/mol. The largest absolute Gasteiger partial charge is 0.463 e. The van der Waals surface area contributed by atoms with Crippen LogP contribution >= 0.6 is 0 Å². The number of esters is 1. The van der Waals surface area contributed by atoms with Gasteiger partial charge in [-0.2, -0.15) is 0 Å². The Labute approximate surface area is 102 Å². The highest BCUT2D eigenvalue weighted by Crippen LogP contribution is 2.02. The summed E-state index contributed by atoms with van der Waals surface area (Å²) in [5.74, 6) is -0.312. The minimum absolute atomic E-state index is 0.312. The van der Waals surface area contributed by atoms with Crippen LogP contribution in [0.25, 0.3) is 0 Å². The molecule has 92 valence electrons. The Bertz CT molecular complexity index is 368. The maximum atomic E-state index is 11.1. The molecule has 0 bridgehead atoms. The van der Waals surface area contributed by atoms with Crippen molar-refractivity contribution in [3.05, 3.63) is 47.5 Å². The van der Waals surface area contributed by atoms with Crippen molar-refractivity contribution in [1.82, 2.24) is 0 Å². The van der Waals surface area contributed by atoms with Crippen LogP contribution in [0.3, 0.4) is 0 Å². The molecule has 1 aromatic rings. The van der Waals surface area contributed by atoms with Crippen LogP contribution < -0.4 is 0 Å². The van der Waals surface area contributed by atoms with E-state index in [2.05, 4.69) is 0 Å². The lowest BCUT2D eigenvalue weighted by Crippen LogP contribution is -2.03. The first-order chi connectivity index (χ1) is 8.22. The molecule has 1 rings (SSSR count). The summed E-state index contributed by atoms with van der Waals surface area (Å²) < 4.78 is 10.3. The van der Waals surface area contributed by atoms with Gasteiger partial charge in [0, 0.05) is 6.08 Å². The van der Waals surface area contributed by atoms with Gasteiger partial charge in [0.25, 0.3) is 0 Å². The molecule has 0 aromatic heterocycles. The molecule has 0 N–H and O–H groups in total. The average molecular weight is 234 g/mol. The second kappa shape index (κ2) is 7.63. The fourth-order valence-corrected chi connectivity index (χ4v) is 1.33. The van der Waals surface area contributed by atoms with E-state index in [1.165, 1.54) is 6.08 Å². The van der Waals surface area contributed by atoms with Crippen molar-refractivity contribution in [1.29, 1.82) is 0 Å². The third-order valence-electron chi connectivity index (χ3n) is 2.09. The molecule has 0 aliphatic rings. The number of ether oxygens (including phenoxy) is 2. The molecule has 0 atom stereocenters. The maximum Gasteiger partial charge on any atom is 0.330 e. The van der Waals surface area contributed by atoms with E-state index in [0.29, 0.717) is 19.8 Å². The molecule has 0 radical (unpaired) electrons. The Morgan fingerprint density at radius 2 is 2.00 bits per heavy atom. The topological polar surface area (TPSA) is 35.5 Å². The lowest BCUT2D eigenvalue weighted by Gasteiger charge is -2.04. The molecule has 0 unspecified atom stereocenters. The van der Waals surface area contributed by atoms with E-state index in [1.807, 2.05) is 37.3 Å². The van der Waals surface area contributed by atoms with E-state index in [0.717, 1.165) is 11.1 Å². The molecule has 0 spiro atoms. The summed E-state index contributed by atoms with van der Waals surface area (Å²) in [6.45, 7) is 5.02. The van der Waals surface area contributed by atoms with Crippen molar-refractivity contribution < 1.29 is 14.3 Å². The first-order valence-corrected chi connectivity index (χ1v) is 5.68. The zero-order chi connectivity index (χ0) is 12.5. The van der Waals surface area contributed by atoms with Crippen molar-refractivity contribution in [2.45, 2.75) is 20.5 Å². The minimum atomic E-state index is -0.312. The summed E-state index contributed by atoms with van der Waals surface area (Å²) in [7, 11) is 0. The van der Waals surface area contributed by atoms with Gasteiger partial charge in [0.1, 0.15) is 0 Å². The molecule has 0 saturated carbocycles. The number of rotatable bonds is 6. The van der Waals surface area contributed by atoms with Crippen LogP contribution in [0.2, 0.25) is 0 Å².